The Bertz CT molecular complexity index is 299. The quantitative estimate of drug-likeness (QED) is 0.695. The second-order valence-electron chi connectivity index (χ2n) is 4.20. The molecule has 4 heteroatoms. The van der Waals surface area contributed by atoms with Crippen molar-refractivity contribution in [2.75, 3.05) is 13.1 Å². The first-order valence-corrected chi connectivity index (χ1v) is 5.49. The number of carbonyl (C=O) groups is 2. The van der Waals surface area contributed by atoms with Gasteiger partial charge in [0, 0.05) is 19.5 Å². The number of nitrogens with zero attached hydrogens (tertiary/aromatic N) is 1. The molecule has 0 bridgehead atoms. The molecule has 1 aliphatic carbocycles. The van der Waals surface area contributed by atoms with Crippen LogP contribution in [0.25, 0.3) is 0 Å². The fourth-order valence-corrected chi connectivity index (χ4v) is 2.11. The molecule has 15 heavy (non-hydrogen) atoms. The molecule has 82 valence electrons. The van der Waals surface area contributed by atoms with E-state index in [1.54, 1.807) is 4.90 Å². The van der Waals surface area contributed by atoms with Crippen molar-refractivity contribution in [2.24, 2.45) is 5.92 Å². The summed E-state index contributed by atoms with van der Waals surface area (Å²) in [5, 5.41) is 2.35. The predicted molar refractivity (Wildman–Crippen MR) is 56.2 cm³/mol. The van der Waals surface area contributed by atoms with Crippen LogP contribution in [-0.4, -0.2) is 29.9 Å². The van der Waals surface area contributed by atoms with Gasteiger partial charge in [-0.1, -0.05) is 12.2 Å². The normalized spacial score (nSPS) is 26.7. The van der Waals surface area contributed by atoms with Gasteiger partial charge in [-0.05, 0) is 25.2 Å². The molecule has 0 spiro atoms. The molecule has 2 aliphatic rings. The Labute approximate surface area is 89.3 Å². The highest BCUT2D eigenvalue weighted by Gasteiger charge is 2.25. The standard InChI is InChI=1S/C11H16N2O2/c14-10-6-7-13(11(15)12-10)8-9-4-2-1-3-5-9/h1-2,9H,3-8H2,(H,12,14,15). The van der Waals surface area contributed by atoms with Gasteiger partial charge in [-0.25, -0.2) is 4.79 Å². The lowest BCUT2D eigenvalue weighted by Gasteiger charge is -2.30. The predicted octanol–water partition coefficient (Wildman–Crippen LogP) is 1.28. The molecule has 1 heterocycles. The highest BCUT2D eigenvalue weighted by Crippen LogP contribution is 2.19. The van der Waals surface area contributed by atoms with Crippen LogP contribution in [0.1, 0.15) is 25.7 Å². The molecule has 2 rings (SSSR count). The van der Waals surface area contributed by atoms with Crippen LogP contribution >= 0.6 is 0 Å². The summed E-state index contributed by atoms with van der Waals surface area (Å²) in [6.07, 6.45) is 8.12. The summed E-state index contributed by atoms with van der Waals surface area (Å²) in [5.41, 5.74) is 0. The minimum atomic E-state index is -0.221. The second-order valence-corrected chi connectivity index (χ2v) is 4.20. The Hall–Kier alpha value is -1.32. The maximum Gasteiger partial charge on any atom is 0.324 e. The van der Waals surface area contributed by atoms with Crippen LogP contribution in [0.3, 0.4) is 0 Å². The number of allylic oxidation sites excluding steroid dienone is 2. The molecule has 0 aromatic carbocycles. The van der Waals surface area contributed by atoms with Gasteiger partial charge in [-0.2, -0.15) is 0 Å². The third kappa shape index (κ3) is 2.58. The van der Waals surface area contributed by atoms with Crippen LogP contribution in [0, 0.1) is 5.92 Å². The lowest BCUT2D eigenvalue weighted by Crippen LogP contribution is -2.50. The van der Waals surface area contributed by atoms with Gasteiger partial charge in [-0.15, -0.1) is 0 Å². The number of imide groups is 1. The molecule has 3 amide bonds. The topological polar surface area (TPSA) is 49.4 Å². The Morgan fingerprint density at radius 2 is 2.27 bits per heavy atom. The van der Waals surface area contributed by atoms with Crippen molar-refractivity contribution in [3.8, 4) is 0 Å². The summed E-state index contributed by atoms with van der Waals surface area (Å²) in [5.74, 6) is 0.411. The Morgan fingerprint density at radius 1 is 1.40 bits per heavy atom. The SMILES string of the molecule is O=C1CCN(CC2CC=CCC2)C(=O)N1. The van der Waals surface area contributed by atoms with Crippen molar-refractivity contribution in [2.45, 2.75) is 25.7 Å². The number of hydrogen-bond acceptors (Lipinski definition) is 2. The molecular weight excluding hydrogens is 192 g/mol. The number of hydrogen-bond donors (Lipinski definition) is 1. The van der Waals surface area contributed by atoms with E-state index in [0.717, 1.165) is 25.8 Å². The summed E-state index contributed by atoms with van der Waals surface area (Å²) < 4.78 is 0. The summed E-state index contributed by atoms with van der Waals surface area (Å²) >= 11 is 0. The van der Waals surface area contributed by atoms with E-state index in [2.05, 4.69) is 17.5 Å². The first kappa shape index (κ1) is 10.2. The number of rotatable bonds is 2. The van der Waals surface area contributed by atoms with E-state index < -0.39 is 0 Å². The smallest absolute Gasteiger partial charge is 0.324 e. The van der Waals surface area contributed by atoms with Crippen molar-refractivity contribution in [1.82, 2.24) is 10.2 Å². The van der Waals surface area contributed by atoms with Crippen LogP contribution in [0.4, 0.5) is 4.79 Å². The van der Waals surface area contributed by atoms with E-state index in [1.807, 2.05) is 0 Å². The molecule has 0 radical (unpaired) electrons. The zero-order valence-corrected chi connectivity index (χ0v) is 8.74. The van der Waals surface area contributed by atoms with Gasteiger partial charge in [-0.3, -0.25) is 10.1 Å². The molecule has 4 nitrogen and oxygen atoms in total. The van der Waals surface area contributed by atoms with Gasteiger partial charge < -0.3 is 4.90 Å². The monoisotopic (exact) mass is 208 g/mol. The highest BCUT2D eigenvalue weighted by molar-refractivity contribution is 5.96. The summed E-state index contributed by atoms with van der Waals surface area (Å²) in [7, 11) is 0. The Morgan fingerprint density at radius 3 is 2.93 bits per heavy atom. The zero-order valence-electron chi connectivity index (χ0n) is 8.74. The number of amides is 3. The molecular formula is C11H16N2O2. The molecule has 0 aromatic rings. The van der Waals surface area contributed by atoms with E-state index in [1.165, 1.54) is 0 Å². The van der Waals surface area contributed by atoms with Gasteiger partial charge in [0.1, 0.15) is 0 Å². The Balaban J connectivity index is 1.86. The average molecular weight is 208 g/mol. The van der Waals surface area contributed by atoms with Crippen LogP contribution in [0.5, 0.6) is 0 Å². The summed E-state index contributed by atoms with van der Waals surface area (Å²) in [4.78, 5) is 24.2. The van der Waals surface area contributed by atoms with Gasteiger partial charge in [0.15, 0.2) is 0 Å². The number of carbonyl (C=O) groups excluding carboxylic acids is 2. The van der Waals surface area contributed by atoms with Crippen LogP contribution in [-0.2, 0) is 4.79 Å². The van der Waals surface area contributed by atoms with Crippen molar-refractivity contribution in [3.05, 3.63) is 12.2 Å². The first-order valence-electron chi connectivity index (χ1n) is 5.49. The minimum Gasteiger partial charge on any atom is -0.324 e. The zero-order chi connectivity index (χ0) is 10.7. The lowest BCUT2D eigenvalue weighted by molar-refractivity contribution is -0.121. The highest BCUT2D eigenvalue weighted by atomic mass is 16.2. The molecule has 1 aliphatic heterocycles. The third-order valence-corrected chi connectivity index (χ3v) is 3.00. The van der Waals surface area contributed by atoms with Crippen molar-refractivity contribution >= 4 is 11.9 Å². The van der Waals surface area contributed by atoms with Crippen molar-refractivity contribution in [3.63, 3.8) is 0 Å². The van der Waals surface area contributed by atoms with Gasteiger partial charge in [0.2, 0.25) is 5.91 Å². The lowest BCUT2D eigenvalue weighted by atomic mass is 9.94. The maximum absolute atomic E-state index is 11.5. The van der Waals surface area contributed by atoms with Crippen molar-refractivity contribution in [1.29, 1.82) is 0 Å². The second kappa shape index (κ2) is 4.47. The van der Waals surface area contributed by atoms with Crippen LogP contribution in [0.2, 0.25) is 0 Å². The fourth-order valence-electron chi connectivity index (χ4n) is 2.11. The van der Waals surface area contributed by atoms with E-state index >= 15 is 0 Å². The molecule has 1 atom stereocenters. The molecule has 1 unspecified atom stereocenters. The van der Waals surface area contributed by atoms with E-state index in [9.17, 15) is 9.59 Å². The van der Waals surface area contributed by atoms with E-state index in [-0.39, 0.29) is 11.9 Å². The van der Waals surface area contributed by atoms with E-state index in [0.29, 0.717) is 18.9 Å². The molecule has 1 fully saturated rings. The number of urea groups is 1. The van der Waals surface area contributed by atoms with Gasteiger partial charge in [0.25, 0.3) is 0 Å². The minimum absolute atomic E-state index is 0.153. The first-order chi connectivity index (χ1) is 7.25. The van der Waals surface area contributed by atoms with Crippen LogP contribution < -0.4 is 5.32 Å². The summed E-state index contributed by atoms with van der Waals surface area (Å²) in [6, 6.07) is -0.221. The van der Waals surface area contributed by atoms with Gasteiger partial charge >= 0.3 is 6.03 Å². The maximum atomic E-state index is 11.5. The van der Waals surface area contributed by atoms with Crippen molar-refractivity contribution < 1.29 is 9.59 Å². The Kier molecular flexibility index (Phi) is 3.04. The molecule has 0 aromatic heterocycles. The molecule has 1 saturated heterocycles. The summed E-state index contributed by atoms with van der Waals surface area (Å²) in [6.45, 7) is 1.36. The van der Waals surface area contributed by atoms with Gasteiger partial charge in [0.05, 0.1) is 0 Å². The van der Waals surface area contributed by atoms with E-state index in [4.69, 9.17) is 0 Å². The van der Waals surface area contributed by atoms with Crippen LogP contribution in [0.15, 0.2) is 12.2 Å². The largest absolute Gasteiger partial charge is 0.324 e. The third-order valence-electron chi connectivity index (χ3n) is 3.00. The average Bonchev–Trinajstić information content (AvgIpc) is 2.24. The fraction of sp³-hybridized carbons (Fsp3) is 0.636. The molecule has 0 saturated carbocycles. The molecule has 1 N–H and O–H groups in total. The number of nitrogens with one attached hydrogen (secondary N) is 1.